The molecule has 0 aliphatic heterocycles. The van der Waals surface area contributed by atoms with Crippen LogP contribution in [0.25, 0.3) is 0 Å². The maximum absolute atomic E-state index is 12.8. The predicted octanol–water partition coefficient (Wildman–Crippen LogP) is 4.03. The number of carbonyl (C=O) groups excluding carboxylic acids is 1. The standard InChI is InChI=1S/C14H10F6O2/c1-2-22-12(21)8-3-5-9-10(13(15,16)17)6-4-7-11(9)14(18,19)20/h4,6-7H,2,8H2,1H3. The number of ether oxygens (including phenoxy) is 1. The maximum Gasteiger partial charge on any atom is 0.417 e. The largest absolute Gasteiger partial charge is 0.465 e. The van der Waals surface area contributed by atoms with Gasteiger partial charge in [0.25, 0.3) is 0 Å². The normalized spacial score (nSPS) is 11.6. The Hall–Kier alpha value is -2.17. The molecule has 0 aliphatic carbocycles. The van der Waals surface area contributed by atoms with Crippen LogP contribution in [0.15, 0.2) is 18.2 Å². The smallest absolute Gasteiger partial charge is 0.417 e. The van der Waals surface area contributed by atoms with Crippen LogP contribution < -0.4 is 0 Å². The molecule has 0 saturated carbocycles. The SMILES string of the molecule is CCOC(=O)CC#Cc1c(C(F)(F)F)cccc1C(F)(F)F. The first kappa shape index (κ1) is 17.9. The van der Waals surface area contributed by atoms with Crippen LogP contribution in [0.2, 0.25) is 0 Å². The summed E-state index contributed by atoms with van der Waals surface area (Å²) < 4.78 is 81.3. The number of hydrogen-bond acceptors (Lipinski definition) is 2. The Kier molecular flexibility index (Phi) is 5.47. The van der Waals surface area contributed by atoms with Gasteiger partial charge in [0.2, 0.25) is 0 Å². The van der Waals surface area contributed by atoms with Gasteiger partial charge < -0.3 is 4.74 Å². The molecule has 8 heteroatoms. The molecule has 22 heavy (non-hydrogen) atoms. The lowest BCUT2D eigenvalue weighted by molar-refractivity contribution is -0.143. The first-order valence-electron chi connectivity index (χ1n) is 5.99. The molecule has 0 aliphatic rings. The zero-order valence-electron chi connectivity index (χ0n) is 11.2. The van der Waals surface area contributed by atoms with Gasteiger partial charge >= 0.3 is 18.3 Å². The Balaban J connectivity index is 3.31. The summed E-state index contributed by atoms with van der Waals surface area (Å²) in [6, 6.07) is 1.66. The van der Waals surface area contributed by atoms with Crippen molar-refractivity contribution in [3.63, 3.8) is 0 Å². The summed E-state index contributed by atoms with van der Waals surface area (Å²) in [4.78, 5) is 11.0. The van der Waals surface area contributed by atoms with Gasteiger partial charge in [-0.1, -0.05) is 17.9 Å². The number of halogens is 6. The fourth-order valence-electron chi connectivity index (χ4n) is 1.58. The van der Waals surface area contributed by atoms with Crippen molar-refractivity contribution in [3.05, 3.63) is 34.9 Å². The van der Waals surface area contributed by atoms with Gasteiger partial charge in [-0.3, -0.25) is 4.79 Å². The van der Waals surface area contributed by atoms with Crippen LogP contribution >= 0.6 is 0 Å². The van der Waals surface area contributed by atoms with E-state index in [0.29, 0.717) is 18.2 Å². The van der Waals surface area contributed by atoms with Crippen molar-refractivity contribution >= 4 is 5.97 Å². The monoisotopic (exact) mass is 324 g/mol. The Bertz CT molecular complexity index is 572. The zero-order valence-corrected chi connectivity index (χ0v) is 11.2. The van der Waals surface area contributed by atoms with Crippen molar-refractivity contribution < 1.29 is 35.9 Å². The molecule has 0 unspecified atom stereocenters. The summed E-state index contributed by atoms with van der Waals surface area (Å²) in [7, 11) is 0. The minimum atomic E-state index is -4.99. The van der Waals surface area contributed by atoms with E-state index >= 15 is 0 Å². The fraction of sp³-hybridized carbons (Fsp3) is 0.357. The Labute approximate surface area is 122 Å². The predicted molar refractivity (Wildman–Crippen MR) is 64.6 cm³/mol. The van der Waals surface area contributed by atoms with E-state index in [1.807, 2.05) is 5.92 Å². The molecule has 0 bridgehead atoms. The molecule has 1 aromatic rings. The topological polar surface area (TPSA) is 26.3 Å². The maximum atomic E-state index is 12.8. The summed E-state index contributed by atoms with van der Waals surface area (Å²) in [5.41, 5.74) is -4.20. The number of carbonyl (C=O) groups is 1. The highest BCUT2D eigenvalue weighted by Gasteiger charge is 2.40. The molecular formula is C14H10F6O2. The second-order valence-corrected chi connectivity index (χ2v) is 4.01. The Morgan fingerprint density at radius 2 is 1.59 bits per heavy atom. The van der Waals surface area contributed by atoms with E-state index in [-0.39, 0.29) is 6.61 Å². The lowest BCUT2D eigenvalue weighted by Gasteiger charge is -2.14. The number of alkyl halides is 6. The van der Waals surface area contributed by atoms with Crippen LogP contribution in [0.1, 0.15) is 30.0 Å². The summed E-state index contributed by atoms with van der Waals surface area (Å²) in [6.45, 7) is 1.54. The average molecular weight is 324 g/mol. The number of benzene rings is 1. The lowest BCUT2D eigenvalue weighted by Crippen LogP contribution is -2.14. The first-order valence-corrected chi connectivity index (χ1v) is 5.99. The Morgan fingerprint density at radius 1 is 1.09 bits per heavy atom. The second-order valence-electron chi connectivity index (χ2n) is 4.01. The van der Waals surface area contributed by atoms with Crippen LogP contribution in [-0.2, 0) is 21.9 Å². The second kappa shape index (κ2) is 6.73. The van der Waals surface area contributed by atoms with Gasteiger partial charge in [0.15, 0.2) is 0 Å². The third-order valence-corrected chi connectivity index (χ3v) is 2.43. The summed E-state index contributed by atoms with van der Waals surface area (Å²) in [5.74, 6) is 2.95. The van der Waals surface area contributed by atoms with E-state index in [1.165, 1.54) is 6.92 Å². The van der Waals surface area contributed by atoms with Gasteiger partial charge in [-0.25, -0.2) is 0 Å². The van der Waals surface area contributed by atoms with Gasteiger partial charge in [0.1, 0.15) is 6.42 Å². The quantitative estimate of drug-likeness (QED) is 0.466. The summed E-state index contributed by atoms with van der Waals surface area (Å²) in [6.07, 6.45) is -10.6. The fourth-order valence-corrected chi connectivity index (χ4v) is 1.58. The average Bonchev–Trinajstić information content (AvgIpc) is 2.36. The van der Waals surface area contributed by atoms with E-state index in [1.54, 1.807) is 5.92 Å². The van der Waals surface area contributed by atoms with E-state index in [2.05, 4.69) is 4.74 Å². The van der Waals surface area contributed by atoms with Gasteiger partial charge in [-0.2, -0.15) is 26.3 Å². The molecule has 1 aromatic carbocycles. The molecular weight excluding hydrogens is 314 g/mol. The van der Waals surface area contributed by atoms with Crippen LogP contribution in [0.3, 0.4) is 0 Å². The molecule has 0 heterocycles. The van der Waals surface area contributed by atoms with Crippen molar-refractivity contribution in [2.24, 2.45) is 0 Å². The molecule has 0 radical (unpaired) electrons. The van der Waals surface area contributed by atoms with E-state index < -0.39 is 41.4 Å². The van der Waals surface area contributed by atoms with Crippen LogP contribution in [0.5, 0.6) is 0 Å². The molecule has 0 amide bonds. The van der Waals surface area contributed by atoms with E-state index in [0.717, 1.165) is 0 Å². The van der Waals surface area contributed by atoms with Gasteiger partial charge in [-0.05, 0) is 19.1 Å². The third-order valence-electron chi connectivity index (χ3n) is 2.43. The van der Waals surface area contributed by atoms with Crippen molar-refractivity contribution in [3.8, 4) is 11.8 Å². The molecule has 1 rings (SSSR count). The molecule has 0 N–H and O–H groups in total. The van der Waals surface area contributed by atoms with Crippen LogP contribution in [0.4, 0.5) is 26.3 Å². The molecule has 120 valence electrons. The number of esters is 1. The summed E-state index contributed by atoms with van der Waals surface area (Å²) in [5, 5.41) is 0. The minimum absolute atomic E-state index is 0.0352. The molecule has 0 saturated heterocycles. The highest BCUT2D eigenvalue weighted by atomic mass is 19.4. The molecule has 0 aromatic heterocycles. The first-order chi connectivity index (χ1) is 10.1. The molecule has 0 atom stereocenters. The van der Waals surface area contributed by atoms with E-state index in [9.17, 15) is 31.1 Å². The third kappa shape index (κ3) is 4.69. The van der Waals surface area contributed by atoms with Crippen molar-refractivity contribution in [1.29, 1.82) is 0 Å². The highest BCUT2D eigenvalue weighted by Crippen LogP contribution is 2.38. The summed E-state index contributed by atoms with van der Waals surface area (Å²) >= 11 is 0. The molecule has 0 fully saturated rings. The van der Waals surface area contributed by atoms with Crippen molar-refractivity contribution in [2.75, 3.05) is 6.61 Å². The van der Waals surface area contributed by atoms with Crippen LogP contribution in [0, 0.1) is 11.8 Å². The van der Waals surface area contributed by atoms with Gasteiger partial charge in [0, 0.05) is 5.56 Å². The van der Waals surface area contributed by atoms with Gasteiger partial charge in [-0.15, -0.1) is 0 Å². The van der Waals surface area contributed by atoms with Gasteiger partial charge in [0.05, 0.1) is 17.7 Å². The zero-order chi connectivity index (χ0) is 17.0. The molecule has 0 spiro atoms. The lowest BCUT2D eigenvalue weighted by atomic mass is 10.00. The number of rotatable bonds is 2. The van der Waals surface area contributed by atoms with E-state index in [4.69, 9.17) is 0 Å². The van der Waals surface area contributed by atoms with Crippen molar-refractivity contribution in [1.82, 2.24) is 0 Å². The Morgan fingerprint density at radius 3 is 2.00 bits per heavy atom. The van der Waals surface area contributed by atoms with Crippen LogP contribution in [-0.4, -0.2) is 12.6 Å². The molecule has 2 nitrogen and oxygen atoms in total. The minimum Gasteiger partial charge on any atom is -0.465 e. The highest BCUT2D eigenvalue weighted by molar-refractivity contribution is 5.72. The van der Waals surface area contributed by atoms with Crippen molar-refractivity contribution in [2.45, 2.75) is 25.7 Å². The number of hydrogen-bond donors (Lipinski definition) is 0.